The number of nitro benzene ring substituents is 1. The maximum absolute atomic E-state index is 10.4. The van der Waals surface area contributed by atoms with Crippen LogP contribution in [0, 0.1) is 21.4 Å². The largest absolute Gasteiger partial charge is 0.398 e. The second kappa shape index (κ2) is 3.41. The zero-order valence-electron chi connectivity index (χ0n) is 6.32. The highest BCUT2D eigenvalue weighted by atomic mass is 79.9. The van der Waals surface area contributed by atoms with Crippen LogP contribution in [-0.2, 0) is 0 Å². The van der Waals surface area contributed by atoms with Gasteiger partial charge in [-0.1, -0.05) is 0 Å². The summed E-state index contributed by atoms with van der Waals surface area (Å²) in [7, 11) is 0. The Labute approximate surface area is 82.0 Å². The van der Waals surface area contributed by atoms with Gasteiger partial charge in [0.25, 0.3) is 5.69 Å². The third-order valence-corrected chi connectivity index (χ3v) is 2.07. The van der Waals surface area contributed by atoms with Gasteiger partial charge in [-0.05, 0) is 22.0 Å². The van der Waals surface area contributed by atoms with Gasteiger partial charge in [-0.2, -0.15) is 5.26 Å². The molecular weight excluding hydrogens is 238 g/mol. The van der Waals surface area contributed by atoms with Gasteiger partial charge in [0, 0.05) is 6.07 Å². The van der Waals surface area contributed by atoms with E-state index < -0.39 is 4.92 Å². The average Bonchev–Trinajstić information content (AvgIpc) is 2.03. The van der Waals surface area contributed by atoms with Crippen LogP contribution < -0.4 is 5.73 Å². The van der Waals surface area contributed by atoms with Gasteiger partial charge in [0.1, 0.15) is 6.07 Å². The Morgan fingerprint density at radius 3 is 2.69 bits per heavy atom. The molecule has 0 aliphatic rings. The van der Waals surface area contributed by atoms with E-state index in [0.717, 1.165) is 6.07 Å². The first kappa shape index (κ1) is 9.48. The first-order valence-electron chi connectivity index (χ1n) is 3.19. The summed E-state index contributed by atoms with van der Waals surface area (Å²) >= 11 is 2.98. The number of nitrogen functional groups attached to an aromatic ring is 1. The average molecular weight is 242 g/mol. The van der Waals surface area contributed by atoms with Crippen molar-refractivity contribution in [3.05, 3.63) is 32.3 Å². The molecule has 13 heavy (non-hydrogen) atoms. The van der Waals surface area contributed by atoms with Crippen LogP contribution in [0.3, 0.4) is 0 Å². The van der Waals surface area contributed by atoms with E-state index in [2.05, 4.69) is 15.9 Å². The Balaban J connectivity index is 3.41. The lowest BCUT2D eigenvalue weighted by Gasteiger charge is -1.99. The molecule has 1 aromatic carbocycles. The zero-order valence-corrected chi connectivity index (χ0v) is 7.91. The molecule has 0 fully saturated rings. The van der Waals surface area contributed by atoms with Crippen molar-refractivity contribution in [3.63, 3.8) is 0 Å². The van der Waals surface area contributed by atoms with Crippen LogP contribution in [0.2, 0.25) is 0 Å². The van der Waals surface area contributed by atoms with Gasteiger partial charge < -0.3 is 5.73 Å². The molecule has 0 saturated carbocycles. The summed E-state index contributed by atoms with van der Waals surface area (Å²) in [6.07, 6.45) is 0. The third-order valence-electron chi connectivity index (χ3n) is 1.44. The Bertz CT molecular complexity index is 411. The van der Waals surface area contributed by atoms with E-state index in [1.54, 1.807) is 6.07 Å². The standard InChI is InChI=1S/C7H4BrN3O2/c8-5-2-6(10)4(3-9)1-7(5)11(12)13/h1-2H,10H2. The maximum atomic E-state index is 10.4. The van der Waals surface area contributed by atoms with E-state index in [4.69, 9.17) is 11.0 Å². The van der Waals surface area contributed by atoms with Gasteiger partial charge >= 0.3 is 0 Å². The van der Waals surface area contributed by atoms with Crippen molar-refractivity contribution in [2.75, 3.05) is 5.73 Å². The molecule has 0 radical (unpaired) electrons. The lowest BCUT2D eigenvalue weighted by Crippen LogP contribution is -1.95. The summed E-state index contributed by atoms with van der Waals surface area (Å²) < 4.78 is 0.272. The SMILES string of the molecule is N#Cc1cc([N+](=O)[O-])c(Br)cc1N. The van der Waals surface area contributed by atoms with Crippen molar-refractivity contribution in [1.29, 1.82) is 5.26 Å². The van der Waals surface area contributed by atoms with Gasteiger partial charge in [-0.25, -0.2) is 0 Å². The van der Waals surface area contributed by atoms with Gasteiger partial charge in [0.05, 0.1) is 20.6 Å². The lowest BCUT2D eigenvalue weighted by molar-refractivity contribution is -0.385. The number of nitrogens with zero attached hydrogens (tertiary/aromatic N) is 2. The van der Waals surface area contributed by atoms with Crippen LogP contribution in [0.4, 0.5) is 11.4 Å². The normalized spacial score (nSPS) is 9.23. The van der Waals surface area contributed by atoms with Crippen LogP contribution in [0.25, 0.3) is 0 Å². The van der Waals surface area contributed by atoms with Crippen molar-refractivity contribution in [2.24, 2.45) is 0 Å². The molecule has 1 aromatic rings. The Hall–Kier alpha value is -1.61. The van der Waals surface area contributed by atoms with Gasteiger partial charge in [-0.15, -0.1) is 0 Å². The number of hydrogen-bond donors (Lipinski definition) is 1. The van der Waals surface area contributed by atoms with Crippen LogP contribution in [0.1, 0.15) is 5.56 Å². The molecule has 6 heteroatoms. The van der Waals surface area contributed by atoms with Crippen molar-refractivity contribution in [2.45, 2.75) is 0 Å². The summed E-state index contributed by atoms with van der Waals surface area (Å²) in [5.41, 5.74) is 5.59. The zero-order chi connectivity index (χ0) is 10.0. The number of nitro groups is 1. The fraction of sp³-hybridized carbons (Fsp3) is 0. The smallest absolute Gasteiger partial charge is 0.284 e. The molecule has 0 spiro atoms. The fourth-order valence-corrected chi connectivity index (χ4v) is 1.32. The van der Waals surface area contributed by atoms with E-state index in [-0.39, 0.29) is 21.4 Å². The summed E-state index contributed by atoms with van der Waals surface area (Å²) in [6, 6.07) is 4.25. The third kappa shape index (κ3) is 1.76. The Kier molecular flexibility index (Phi) is 2.49. The summed E-state index contributed by atoms with van der Waals surface area (Å²) in [5.74, 6) is 0. The summed E-state index contributed by atoms with van der Waals surface area (Å²) in [6.45, 7) is 0. The lowest BCUT2D eigenvalue weighted by atomic mass is 10.2. The molecule has 0 aliphatic carbocycles. The molecule has 0 amide bonds. The number of rotatable bonds is 1. The Morgan fingerprint density at radius 2 is 2.23 bits per heavy atom. The molecule has 0 atom stereocenters. The molecule has 0 saturated heterocycles. The number of benzene rings is 1. The number of nitriles is 1. The van der Waals surface area contributed by atoms with E-state index in [9.17, 15) is 10.1 Å². The molecule has 0 unspecified atom stereocenters. The quantitative estimate of drug-likeness (QED) is 0.461. The summed E-state index contributed by atoms with van der Waals surface area (Å²) in [4.78, 5) is 9.85. The predicted molar refractivity (Wildman–Crippen MR) is 49.9 cm³/mol. The topological polar surface area (TPSA) is 92.9 Å². The Morgan fingerprint density at radius 1 is 1.62 bits per heavy atom. The highest BCUT2D eigenvalue weighted by Gasteiger charge is 2.14. The molecule has 2 N–H and O–H groups in total. The minimum atomic E-state index is -0.579. The van der Waals surface area contributed by atoms with Crippen molar-refractivity contribution < 1.29 is 4.92 Å². The predicted octanol–water partition coefficient (Wildman–Crippen LogP) is 1.81. The highest BCUT2D eigenvalue weighted by molar-refractivity contribution is 9.10. The minimum Gasteiger partial charge on any atom is -0.398 e. The monoisotopic (exact) mass is 241 g/mol. The second-order valence-corrected chi connectivity index (χ2v) is 3.11. The van der Waals surface area contributed by atoms with Crippen LogP contribution in [0.15, 0.2) is 16.6 Å². The van der Waals surface area contributed by atoms with E-state index in [0.29, 0.717) is 0 Å². The molecule has 1 rings (SSSR count). The minimum absolute atomic E-state index is 0.106. The molecule has 0 aliphatic heterocycles. The van der Waals surface area contributed by atoms with Gasteiger partial charge in [0.15, 0.2) is 0 Å². The van der Waals surface area contributed by atoms with Gasteiger partial charge in [-0.3, -0.25) is 10.1 Å². The van der Waals surface area contributed by atoms with E-state index in [1.807, 2.05) is 0 Å². The van der Waals surface area contributed by atoms with Gasteiger partial charge in [0.2, 0.25) is 0 Å². The number of nitrogens with two attached hydrogens (primary N) is 1. The molecule has 5 nitrogen and oxygen atoms in total. The first-order chi connectivity index (χ1) is 6.06. The summed E-state index contributed by atoms with van der Waals surface area (Å²) in [5, 5.41) is 19.0. The molecule has 0 aromatic heterocycles. The molecular formula is C7H4BrN3O2. The fourth-order valence-electron chi connectivity index (χ4n) is 0.814. The molecule has 66 valence electrons. The number of anilines is 1. The maximum Gasteiger partial charge on any atom is 0.284 e. The number of hydrogen-bond acceptors (Lipinski definition) is 4. The molecule has 0 heterocycles. The second-order valence-electron chi connectivity index (χ2n) is 2.26. The van der Waals surface area contributed by atoms with Crippen molar-refractivity contribution in [1.82, 2.24) is 0 Å². The van der Waals surface area contributed by atoms with Crippen LogP contribution in [-0.4, -0.2) is 4.92 Å². The van der Waals surface area contributed by atoms with Crippen molar-refractivity contribution in [3.8, 4) is 6.07 Å². The van der Waals surface area contributed by atoms with E-state index in [1.165, 1.54) is 6.07 Å². The number of halogens is 1. The van der Waals surface area contributed by atoms with E-state index >= 15 is 0 Å². The van der Waals surface area contributed by atoms with Crippen molar-refractivity contribution >= 4 is 27.3 Å². The molecule has 0 bridgehead atoms. The first-order valence-corrected chi connectivity index (χ1v) is 3.99. The van der Waals surface area contributed by atoms with Crippen LogP contribution >= 0.6 is 15.9 Å². The highest BCUT2D eigenvalue weighted by Crippen LogP contribution is 2.29. The van der Waals surface area contributed by atoms with Crippen LogP contribution in [0.5, 0.6) is 0 Å².